The Hall–Kier alpha value is -3.12. The third-order valence-corrected chi connectivity index (χ3v) is 6.33. The summed E-state index contributed by atoms with van der Waals surface area (Å²) in [5.41, 5.74) is 11.7. The number of pyridine rings is 1. The lowest BCUT2D eigenvalue weighted by Crippen LogP contribution is -2.34. The molecule has 0 radical (unpaired) electrons. The number of amides is 1. The van der Waals surface area contributed by atoms with Crippen molar-refractivity contribution in [1.29, 1.82) is 0 Å². The zero-order valence-electron chi connectivity index (χ0n) is 15.7. The van der Waals surface area contributed by atoms with E-state index in [1.54, 1.807) is 0 Å². The van der Waals surface area contributed by atoms with Crippen molar-refractivity contribution < 1.29 is 4.79 Å². The van der Waals surface area contributed by atoms with E-state index in [1.807, 2.05) is 50.2 Å². The second-order valence-corrected chi connectivity index (χ2v) is 8.41. The van der Waals surface area contributed by atoms with Crippen molar-refractivity contribution in [3.63, 3.8) is 0 Å². The molecule has 3 heterocycles. The van der Waals surface area contributed by atoms with Crippen LogP contribution in [0.4, 0.5) is 11.4 Å². The van der Waals surface area contributed by atoms with E-state index in [1.165, 1.54) is 11.3 Å². The lowest BCUT2D eigenvalue weighted by atomic mass is 10.0. The zero-order valence-corrected chi connectivity index (χ0v) is 16.5. The van der Waals surface area contributed by atoms with Gasteiger partial charge in [0.15, 0.2) is 0 Å². The maximum Gasteiger partial charge on any atom is 0.263 e. The Morgan fingerprint density at radius 1 is 1.18 bits per heavy atom. The Bertz CT molecular complexity index is 1260. The van der Waals surface area contributed by atoms with Gasteiger partial charge in [0.1, 0.15) is 4.88 Å². The summed E-state index contributed by atoms with van der Waals surface area (Å²) in [6.45, 7) is 4.73. The number of fused-ring (bicyclic) bond motifs is 5. The summed E-state index contributed by atoms with van der Waals surface area (Å²) in [5.74, 6) is -0.0149. The van der Waals surface area contributed by atoms with Crippen molar-refractivity contribution in [2.24, 2.45) is 0 Å². The number of hydrogen-bond acceptors (Lipinski definition) is 5. The van der Waals surface area contributed by atoms with Crippen molar-refractivity contribution in [2.75, 3.05) is 17.6 Å². The Kier molecular flexibility index (Phi) is 3.77. The highest BCUT2D eigenvalue weighted by Crippen LogP contribution is 2.41. The van der Waals surface area contributed by atoms with Gasteiger partial charge in [-0.25, -0.2) is 4.98 Å². The number of benzene rings is 2. The second-order valence-electron chi connectivity index (χ2n) is 7.35. The predicted octanol–water partition coefficient (Wildman–Crippen LogP) is 4.55. The van der Waals surface area contributed by atoms with Crippen LogP contribution in [0.2, 0.25) is 0 Å². The molecule has 1 atom stereocenters. The van der Waals surface area contributed by atoms with Gasteiger partial charge in [0.25, 0.3) is 5.91 Å². The van der Waals surface area contributed by atoms with Crippen LogP contribution in [-0.2, 0) is 0 Å². The maximum absolute atomic E-state index is 12.6. The first kappa shape index (κ1) is 17.0. The van der Waals surface area contributed by atoms with Crippen LogP contribution in [0.3, 0.4) is 0 Å². The van der Waals surface area contributed by atoms with Gasteiger partial charge in [-0.3, -0.25) is 4.79 Å². The number of hydrogen-bond donors (Lipinski definition) is 3. The van der Waals surface area contributed by atoms with Gasteiger partial charge in [-0.15, -0.1) is 11.3 Å². The van der Waals surface area contributed by atoms with E-state index in [4.69, 9.17) is 10.7 Å². The van der Waals surface area contributed by atoms with Gasteiger partial charge in [0.05, 0.1) is 16.9 Å². The number of nitrogens with zero attached hydrogens (tertiary/aromatic N) is 1. The summed E-state index contributed by atoms with van der Waals surface area (Å²) in [5, 5.41) is 8.60. The predicted molar refractivity (Wildman–Crippen MR) is 117 cm³/mol. The minimum atomic E-state index is -0.0149. The fraction of sp³-hybridized carbons (Fsp3) is 0.182. The molecule has 1 aliphatic heterocycles. The van der Waals surface area contributed by atoms with E-state index in [-0.39, 0.29) is 11.9 Å². The lowest BCUT2D eigenvalue weighted by molar-refractivity contribution is 0.0949. The summed E-state index contributed by atoms with van der Waals surface area (Å²) in [6.07, 6.45) is 0. The first-order chi connectivity index (χ1) is 13.5. The van der Waals surface area contributed by atoms with E-state index in [2.05, 4.69) is 16.7 Å². The molecule has 28 heavy (non-hydrogen) atoms. The number of rotatable bonds is 1. The van der Waals surface area contributed by atoms with Crippen molar-refractivity contribution in [3.8, 4) is 11.3 Å². The van der Waals surface area contributed by atoms with E-state index in [9.17, 15) is 4.79 Å². The molecule has 2 aromatic heterocycles. The lowest BCUT2D eigenvalue weighted by Gasteiger charge is -2.11. The van der Waals surface area contributed by atoms with Gasteiger partial charge in [0, 0.05) is 39.3 Å². The molecule has 0 aliphatic carbocycles. The minimum absolute atomic E-state index is 0.0149. The van der Waals surface area contributed by atoms with Crippen LogP contribution in [0.1, 0.15) is 22.2 Å². The van der Waals surface area contributed by atoms with Crippen LogP contribution in [-0.4, -0.2) is 23.5 Å². The average Bonchev–Trinajstić information content (AvgIpc) is 2.98. The van der Waals surface area contributed by atoms with Crippen LogP contribution >= 0.6 is 11.3 Å². The molecule has 6 heteroatoms. The van der Waals surface area contributed by atoms with Crippen LogP contribution in [0.15, 0.2) is 42.5 Å². The fourth-order valence-electron chi connectivity index (χ4n) is 3.79. The number of thiophene rings is 1. The number of nitrogens with two attached hydrogens (primary N) is 1. The number of carbonyl (C=O) groups excluding carboxylic acids is 1. The molecule has 140 valence electrons. The van der Waals surface area contributed by atoms with Gasteiger partial charge in [-0.05, 0) is 49.7 Å². The van der Waals surface area contributed by atoms with E-state index < -0.39 is 0 Å². The van der Waals surface area contributed by atoms with Crippen molar-refractivity contribution in [1.82, 2.24) is 10.3 Å². The molecule has 0 saturated carbocycles. The molecular weight excluding hydrogens is 368 g/mol. The van der Waals surface area contributed by atoms with Crippen molar-refractivity contribution in [3.05, 3.63) is 52.9 Å². The van der Waals surface area contributed by atoms with E-state index >= 15 is 0 Å². The number of carbonyl (C=O) groups is 1. The van der Waals surface area contributed by atoms with Gasteiger partial charge in [-0.2, -0.15) is 0 Å². The molecular formula is C22H20N4OS. The number of nitrogen functional groups attached to an aromatic ring is 1. The highest BCUT2D eigenvalue weighted by atomic mass is 32.1. The normalized spacial score (nSPS) is 16.5. The molecule has 5 nitrogen and oxygen atoms in total. The number of aromatic nitrogens is 1. The standard InChI is InChI=1S/C22H20N4OS/c1-11-3-4-13(15(23)9-11)16-6-5-14-17(26-16)7-8-18-19(14)20-21(28-18)22(27)25-12(2)10-24-20/h3-9,12,24H,10,23H2,1-2H3,(H,25,27). The molecule has 1 amide bonds. The molecule has 2 aromatic carbocycles. The third-order valence-electron chi connectivity index (χ3n) is 5.17. The van der Waals surface area contributed by atoms with Crippen molar-refractivity contribution >= 4 is 49.6 Å². The second kappa shape index (κ2) is 6.21. The quantitative estimate of drug-likeness (QED) is 0.418. The zero-order chi connectivity index (χ0) is 19.4. The summed E-state index contributed by atoms with van der Waals surface area (Å²) in [6, 6.07) is 14.3. The van der Waals surface area contributed by atoms with Crippen LogP contribution in [0, 0.1) is 6.92 Å². The summed E-state index contributed by atoms with van der Waals surface area (Å²) >= 11 is 1.52. The topological polar surface area (TPSA) is 80.0 Å². The Morgan fingerprint density at radius 2 is 2.04 bits per heavy atom. The van der Waals surface area contributed by atoms with Crippen LogP contribution in [0.5, 0.6) is 0 Å². The first-order valence-corrected chi connectivity index (χ1v) is 10.1. The molecule has 1 unspecified atom stereocenters. The largest absolute Gasteiger partial charge is 0.398 e. The van der Waals surface area contributed by atoms with E-state index in [0.29, 0.717) is 6.54 Å². The number of anilines is 2. The van der Waals surface area contributed by atoms with Gasteiger partial charge < -0.3 is 16.4 Å². The van der Waals surface area contributed by atoms with Crippen molar-refractivity contribution in [2.45, 2.75) is 19.9 Å². The molecule has 4 N–H and O–H groups in total. The minimum Gasteiger partial charge on any atom is -0.398 e. The maximum atomic E-state index is 12.6. The molecule has 1 aliphatic rings. The summed E-state index contributed by atoms with van der Waals surface area (Å²) in [7, 11) is 0. The summed E-state index contributed by atoms with van der Waals surface area (Å²) in [4.78, 5) is 18.2. The molecule has 0 spiro atoms. The van der Waals surface area contributed by atoms with Gasteiger partial charge in [0.2, 0.25) is 0 Å². The van der Waals surface area contributed by atoms with E-state index in [0.717, 1.165) is 54.1 Å². The third kappa shape index (κ3) is 2.60. The Balaban J connectivity index is 1.72. The fourth-order valence-corrected chi connectivity index (χ4v) is 4.89. The highest BCUT2D eigenvalue weighted by molar-refractivity contribution is 7.21. The molecule has 0 fully saturated rings. The van der Waals surface area contributed by atoms with Gasteiger partial charge >= 0.3 is 0 Å². The highest BCUT2D eigenvalue weighted by Gasteiger charge is 2.24. The average molecular weight is 388 g/mol. The Morgan fingerprint density at radius 3 is 2.86 bits per heavy atom. The van der Waals surface area contributed by atoms with Crippen LogP contribution in [0.25, 0.3) is 32.2 Å². The van der Waals surface area contributed by atoms with Crippen LogP contribution < -0.4 is 16.4 Å². The monoisotopic (exact) mass is 388 g/mol. The molecule has 0 bridgehead atoms. The summed E-state index contributed by atoms with van der Waals surface area (Å²) < 4.78 is 1.08. The molecule has 0 saturated heterocycles. The first-order valence-electron chi connectivity index (χ1n) is 9.29. The Labute approximate surface area is 166 Å². The smallest absolute Gasteiger partial charge is 0.263 e. The molecule has 5 rings (SSSR count). The SMILES string of the molecule is Cc1ccc(-c2ccc3c(ccc4sc5c(c43)NCC(C)NC5=O)n2)c(N)c1. The number of nitrogens with one attached hydrogen (secondary N) is 2. The molecule has 4 aromatic rings. The number of aryl methyl sites for hydroxylation is 1. The van der Waals surface area contributed by atoms with Gasteiger partial charge in [-0.1, -0.05) is 12.1 Å².